The van der Waals surface area contributed by atoms with Crippen LogP contribution in [0, 0.1) is 5.82 Å². The minimum absolute atomic E-state index is 0.0473. The van der Waals surface area contributed by atoms with E-state index in [-0.39, 0.29) is 17.3 Å². The van der Waals surface area contributed by atoms with E-state index in [9.17, 15) is 18.8 Å². The maximum Gasteiger partial charge on any atom is 0.319 e. The fraction of sp³-hybridized carbons (Fsp3) is 0.211. The number of carbonyl (C=O) groups is 3. The maximum absolute atomic E-state index is 13.6. The molecule has 0 saturated carbocycles. The molecule has 8 heteroatoms. The van der Waals surface area contributed by atoms with Crippen molar-refractivity contribution in [3.8, 4) is 0 Å². The van der Waals surface area contributed by atoms with Gasteiger partial charge in [-0.1, -0.05) is 30.3 Å². The van der Waals surface area contributed by atoms with Crippen molar-refractivity contribution in [3.05, 3.63) is 59.9 Å². The second-order valence-electron chi connectivity index (χ2n) is 5.90. The molecule has 0 aliphatic carbocycles. The van der Waals surface area contributed by atoms with E-state index >= 15 is 0 Å². The lowest BCUT2D eigenvalue weighted by atomic mass is 10.2. The Kier molecular flexibility index (Phi) is 6.87. The van der Waals surface area contributed by atoms with Crippen molar-refractivity contribution >= 4 is 29.2 Å². The molecule has 0 fully saturated rings. The van der Waals surface area contributed by atoms with Crippen LogP contribution in [0.15, 0.2) is 48.5 Å². The third kappa shape index (κ3) is 6.43. The van der Waals surface area contributed by atoms with E-state index in [0.717, 1.165) is 11.6 Å². The van der Waals surface area contributed by atoms with E-state index in [1.54, 1.807) is 6.92 Å². The van der Waals surface area contributed by atoms with Crippen molar-refractivity contribution in [1.82, 2.24) is 10.6 Å². The van der Waals surface area contributed by atoms with Gasteiger partial charge in [-0.2, -0.15) is 0 Å². The first-order chi connectivity index (χ1) is 12.8. The molecule has 2 aromatic carbocycles. The summed E-state index contributed by atoms with van der Waals surface area (Å²) >= 11 is 0. The zero-order valence-electron chi connectivity index (χ0n) is 15.0. The van der Waals surface area contributed by atoms with E-state index in [1.165, 1.54) is 19.1 Å². The Morgan fingerprint density at radius 1 is 1.04 bits per heavy atom. The van der Waals surface area contributed by atoms with Crippen molar-refractivity contribution in [2.45, 2.75) is 26.4 Å². The molecule has 2 rings (SSSR count). The number of anilines is 2. The van der Waals surface area contributed by atoms with Crippen LogP contribution in [-0.4, -0.2) is 23.9 Å². The van der Waals surface area contributed by atoms with Gasteiger partial charge in [0, 0.05) is 19.2 Å². The van der Waals surface area contributed by atoms with Gasteiger partial charge in [0.1, 0.15) is 11.9 Å². The maximum atomic E-state index is 13.6. The van der Waals surface area contributed by atoms with Crippen LogP contribution in [-0.2, 0) is 16.1 Å². The van der Waals surface area contributed by atoms with Gasteiger partial charge in [0.2, 0.25) is 11.8 Å². The quantitative estimate of drug-likeness (QED) is 0.627. The largest absolute Gasteiger partial charge is 0.350 e. The molecule has 142 valence electrons. The van der Waals surface area contributed by atoms with E-state index in [0.29, 0.717) is 6.54 Å². The van der Waals surface area contributed by atoms with Gasteiger partial charge < -0.3 is 21.3 Å². The lowest BCUT2D eigenvalue weighted by molar-refractivity contribution is -0.122. The predicted octanol–water partition coefficient (Wildman–Crippen LogP) is 2.61. The highest BCUT2D eigenvalue weighted by Crippen LogP contribution is 2.19. The summed E-state index contributed by atoms with van der Waals surface area (Å²) in [6.45, 7) is 3.15. The minimum atomic E-state index is -0.774. The molecule has 0 bridgehead atoms. The molecule has 1 unspecified atom stereocenters. The van der Waals surface area contributed by atoms with Crippen LogP contribution in [0.5, 0.6) is 0 Å². The Balaban J connectivity index is 1.87. The van der Waals surface area contributed by atoms with Crippen molar-refractivity contribution in [1.29, 1.82) is 0 Å². The highest BCUT2D eigenvalue weighted by molar-refractivity contribution is 5.95. The van der Waals surface area contributed by atoms with E-state index < -0.39 is 23.8 Å². The van der Waals surface area contributed by atoms with E-state index in [1.807, 2.05) is 30.3 Å². The van der Waals surface area contributed by atoms with Gasteiger partial charge in [-0.25, -0.2) is 9.18 Å². The molecule has 0 aromatic heterocycles. The molecule has 0 aliphatic heterocycles. The van der Waals surface area contributed by atoms with Gasteiger partial charge in [-0.3, -0.25) is 9.59 Å². The summed E-state index contributed by atoms with van der Waals surface area (Å²) in [7, 11) is 0. The smallest absolute Gasteiger partial charge is 0.319 e. The molecule has 4 amide bonds. The number of rotatable bonds is 6. The Morgan fingerprint density at radius 2 is 1.74 bits per heavy atom. The monoisotopic (exact) mass is 372 g/mol. The minimum Gasteiger partial charge on any atom is -0.350 e. The molecular formula is C19H21FN4O3. The third-order valence-corrected chi connectivity index (χ3v) is 3.59. The normalized spacial score (nSPS) is 11.2. The Morgan fingerprint density at radius 3 is 2.41 bits per heavy atom. The van der Waals surface area contributed by atoms with Crippen LogP contribution in [0.25, 0.3) is 0 Å². The number of hydrogen-bond acceptors (Lipinski definition) is 3. The summed E-state index contributed by atoms with van der Waals surface area (Å²) in [5.74, 6) is -1.39. The van der Waals surface area contributed by atoms with E-state index in [4.69, 9.17) is 0 Å². The number of carbonyl (C=O) groups excluding carboxylic acids is 3. The third-order valence-electron chi connectivity index (χ3n) is 3.59. The second kappa shape index (κ2) is 9.33. The van der Waals surface area contributed by atoms with Crippen molar-refractivity contribution < 1.29 is 18.8 Å². The second-order valence-corrected chi connectivity index (χ2v) is 5.90. The highest BCUT2D eigenvalue weighted by atomic mass is 19.1. The number of urea groups is 1. The lowest BCUT2D eigenvalue weighted by Crippen LogP contribution is -2.46. The standard InChI is InChI=1S/C19H21FN4O3/c1-12(18(26)21-11-14-6-4-3-5-7-14)22-19(27)24-15-8-9-16(20)17(10-15)23-13(2)25/h3-10,12H,11H2,1-2H3,(H,21,26)(H,23,25)(H2,22,24,27). The van der Waals surface area contributed by atoms with E-state index in [2.05, 4.69) is 21.3 Å². The first-order valence-corrected chi connectivity index (χ1v) is 8.31. The van der Waals surface area contributed by atoms with Crippen LogP contribution >= 0.6 is 0 Å². The lowest BCUT2D eigenvalue weighted by Gasteiger charge is -2.15. The van der Waals surface area contributed by atoms with Crippen molar-refractivity contribution in [3.63, 3.8) is 0 Å². The molecular weight excluding hydrogens is 351 g/mol. The van der Waals surface area contributed by atoms with Crippen molar-refractivity contribution in [2.24, 2.45) is 0 Å². The Hall–Kier alpha value is -3.42. The van der Waals surface area contributed by atoms with Crippen LogP contribution in [0.4, 0.5) is 20.6 Å². The summed E-state index contributed by atoms with van der Waals surface area (Å²) in [5, 5.41) is 10.0. The summed E-state index contributed by atoms with van der Waals surface area (Å²) in [4.78, 5) is 35.2. The average molecular weight is 372 g/mol. The summed E-state index contributed by atoms with van der Waals surface area (Å²) in [6.07, 6.45) is 0. The number of amides is 4. The number of halogens is 1. The van der Waals surface area contributed by atoms with Gasteiger partial charge in [-0.15, -0.1) is 0 Å². The van der Waals surface area contributed by atoms with Gasteiger partial charge in [0.05, 0.1) is 5.69 Å². The highest BCUT2D eigenvalue weighted by Gasteiger charge is 2.15. The van der Waals surface area contributed by atoms with Gasteiger partial charge >= 0.3 is 6.03 Å². The van der Waals surface area contributed by atoms with Crippen LogP contribution in [0.1, 0.15) is 19.4 Å². The topological polar surface area (TPSA) is 99.3 Å². The summed E-state index contributed by atoms with van der Waals surface area (Å²) in [5.41, 5.74) is 1.17. The van der Waals surface area contributed by atoms with Crippen LogP contribution in [0.3, 0.4) is 0 Å². The van der Waals surface area contributed by atoms with Crippen LogP contribution < -0.4 is 21.3 Å². The molecule has 4 N–H and O–H groups in total. The summed E-state index contributed by atoms with van der Waals surface area (Å²) in [6, 6.07) is 11.7. The molecule has 7 nitrogen and oxygen atoms in total. The zero-order valence-corrected chi connectivity index (χ0v) is 15.0. The molecule has 1 atom stereocenters. The zero-order chi connectivity index (χ0) is 19.8. The van der Waals surface area contributed by atoms with Gasteiger partial charge in [0.15, 0.2) is 0 Å². The fourth-order valence-electron chi connectivity index (χ4n) is 2.26. The predicted molar refractivity (Wildman–Crippen MR) is 101 cm³/mol. The fourth-order valence-corrected chi connectivity index (χ4v) is 2.26. The molecule has 0 saturated heterocycles. The molecule has 0 spiro atoms. The molecule has 0 radical (unpaired) electrons. The average Bonchev–Trinajstić information content (AvgIpc) is 2.62. The van der Waals surface area contributed by atoms with Gasteiger partial charge in [0.25, 0.3) is 0 Å². The van der Waals surface area contributed by atoms with Gasteiger partial charge in [-0.05, 0) is 30.7 Å². The molecule has 2 aromatic rings. The SMILES string of the molecule is CC(=O)Nc1cc(NC(=O)NC(C)C(=O)NCc2ccccc2)ccc1F. The molecule has 0 heterocycles. The molecule has 27 heavy (non-hydrogen) atoms. The first kappa shape index (κ1) is 19.9. The Labute approximate surface area is 156 Å². The van der Waals surface area contributed by atoms with Crippen molar-refractivity contribution in [2.75, 3.05) is 10.6 Å². The van der Waals surface area contributed by atoms with Crippen LogP contribution in [0.2, 0.25) is 0 Å². The Bertz CT molecular complexity index is 827. The number of hydrogen-bond donors (Lipinski definition) is 4. The number of benzene rings is 2. The first-order valence-electron chi connectivity index (χ1n) is 8.31. The number of nitrogens with one attached hydrogen (secondary N) is 4. The molecule has 0 aliphatic rings. The summed E-state index contributed by atoms with van der Waals surface area (Å²) < 4.78 is 13.6.